The number of thiophene rings is 1. The third-order valence-corrected chi connectivity index (χ3v) is 5.04. The lowest BCUT2D eigenvalue weighted by molar-refractivity contribution is 0.371. The molecule has 0 amide bonds. The number of rotatable bonds is 2. The van der Waals surface area contributed by atoms with Crippen LogP contribution in [-0.4, -0.2) is 14.8 Å². The lowest BCUT2D eigenvalue weighted by Crippen LogP contribution is -2.12. The van der Waals surface area contributed by atoms with Crippen LogP contribution in [-0.2, 0) is 0 Å². The first kappa shape index (κ1) is 13.1. The smallest absolute Gasteiger partial charge is 0.195 e. The second-order valence-electron chi connectivity index (χ2n) is 5.20. The predicted octanol–water partition coefficient (Wildman–Crippen LogP) is 4.95. The van der Waals surface area contributed by atoms with E-state index in [0.717, 1.165) is 10.6 Å². The number of aromatic nitrogens is 3. The van der Waals surface area contributed by atoms with Crippen molar-refractivity contribution in [3.63, 3.8) is 0 Å². The molecule has 0 aliphatic heterocycles. The summed E-state index contributed by atoms with van der Waals surface area (Å²) in [6.45, 7) is 0. The Hall–Kier alpha value is -0.940. The number of aromatic amines is 1. The Bertz CT molecular complexity index is 560. The fraction of sp³-hybridized carbons (Fsp3) is 0.571. The Morgan fingerprint density at radius 1 is 1.21 bits per heavy atom. The minimum atomic E-state index is 0.517. The minimum absolute atomic E-state index is 0.517. The Labute approximate surface area is 122 Å². The Kier molecular flexibility index (Phi) is 4.13. The zero-order chi connectivity index (χ0) is 13.1. The molecule has 0 spiro atoms. The molecule has 1 saturated carbocycles. The lowest BCUT2D eigenvalue weighted by atomic mass is 9.96. The van der Waals surface area contributed by atoms with E-state index in [1.165, 1.54) is 49.8 Å². The molecule has 1 N–H and O–H groups in total. The normalized spacial score (nSPS) is 18.1. The molecular weight excluding hydrogens is 274 g/mol. The van der Waals surface area contributed by atoms with Gasteiger partial charge < -0.3 is 0 Å². The monoisotopic (exact) mass is 293 g/mol. The molecular formula is C14H19N3S2. The van der Waals surface area contributed by atoms with Gasteiger partial charge in [-0.1, -0.05) is 38.2 Å². The summed E-state index contributed by atoms with van der Waals surface area (Å²) in [6, 6.07) is 4.71. The SMILES string of the molecule is S=c1[nH]nc(-c2cccs2)n1C1CCCCCCC1. The largest absolute Gasteiger partial charge is 0.296 e. The maximum absolute atomic E-state index is 5.46. The summed E-state index contributed by atoms with van der Waals surface area (Å²) in [6.07, 6.45) is 9.18. The Balaban J connectivity index is 1.94. The predicted molar refractivity (Wildman–Crippen MR) is 82.1 cm³/mol. The molecule has 5 heteroatoms. The zero-order valence-corrected chi connectivity index (χ0v) is 12.6. The minimum Gasteiger partial charge on any atom is -0.296 e. The maximum atomic E-state index is 5.46. The number of nitrogens with zero attached hydrogens (tertiary/aromatic N) is 2. The molecule has 1 fully saturated rings. The van der Waals surface area contributed by atoms with E-state index in [1.54, 1.807) is 11.3 Å². The van der Waals surface area contributed by atoms with Gasteiger partial charge in [0.2, 0.25) is 0 Å². The van der Waals surface area contributed by atoms with E-state index in [4.69, 9.17) is 12.2 Å². The van der Waals surface area contributed by atoms with E-state index in [0.29, 0.717) is 6.04 Å². The summed E-state index contributed by atoms with van der Waals surface area (Å²) in [5, 5.41) is 9.52. The van der Waals surface area contributed by atoms with Crippen molar-refractivity contribution in [2.45, 2.75) is 51.0 Å². The van der Waals surface area contributed by atoms with Gasteiger partial charge in [-0.2, -0.15) is 5.10 Å². The van der Waals surface area contributed by atoms with Gasteiger partial charge in [0.05, 0.1) is 4.88 Å². The van der Waals surface area contributed by atoms with Crippen LogP contribution in [0, 0.1) is 4.77 Å². The molecule has 0 radical (unpaired) electrons. The first-order chi connectivity index (χ1) is 9.36. The highest BCUT2D eigenvalue weighted by molar-refractivity contribution is 7.71. The topological polar surface area (TPSA) is 33.6 Å². The van der Waals surface area contributed by atoms with E-state index in [9.17, 15) is 0 Å². The van der Waals surface area contributed by atoms with Gasteiger partial charge in [-0.3, -0.25) is 9.67 Å². The van der Waals surface area contributed by atoms with Crippen LogP contribution >= 0.6 is 23.6 Å². The molecule has 3 rings (SSSR count). The van der Waals surface area contributed by atoms with E-state index in [1.807, 2.05) is 0 Å². The van der Waals surface area contributed by atoms with Gasteiger partial charge in [0, 0.05) is 6.04 Å². The summed E-state index contributed by atoms with van der Waals surface area (Å²) < 4.78 is 3.03. The summed E-state index contributed by atoms with van der Waals surface area (Å²) in [7, 11) is 0. The molecule has 1 aliphatic rings. The van der Waals surface area contributed by atoms with Crippen molar-refractivity contribution in [2.75, 3.05) is 0 Å². The molecule has 19 heavy (non-hydrogen) atoms. The fourth-order valence-corrected chi connectivity index (χ4v) is 3.91. The van der Waals surface area contributed by atoms with Crippen molar-refractivity contribution in [2.24, 2.45) is 0 Å². The van der Waals surface area contributed by atoms with Gasteiger partial charge in [0.1, 0.15) is 0 Å². The average Bonchev–Trinajstić information content (AvgIpc) is 2.98. The average molecular weight is 293 g/mol. The molecule has 0 aromatic carbocycles. The van der Waals surface area contributed by atoms with Gasteiger partial charge in [-0.05, 0) is 36.5 Å². The first-order valence-electron chi connectivity index (χ1n) is 7.07. The highest BCUT2D eigenvalue weighted by Crippen LogP contribution is 2.31. The van der Waals surface area contributed by atoms with Gasteiger partial charge in [-0.15, -0.1) is 11.3 Å². The van der Waals surface area contributed by atoms with Crippen LogP contribution < -0.4 is 0 Å². The molecule has 2 heterocycles. The Morgan fingerprint density at radius 3 is 2.63 bits per heavy atom. The third kappa shape index (κ3) is 2.82. The van der Waals surface area contributed by atoms with Crippen LogP contribution in [0.5, 0.6) is 0 Å². The van der Waals surface area contributed by atoms with Crippen LogP contribution in [0.3, 0.4) is 0 Å². The second-order valence-corrected chi connectivity index (χ2v) is 6.53. The van der Waals surface area contributed by atoms with Crippen molar-refractivity contribution in [1.82, 2.24) is 14.8 Å². The van der Waals surface area contributed by atoms with E-state index in [2.05, 4.69) is 32.3 Å². The fourth-order valence-electron chi connectivity index (χ4n) is 2.92. The standard InChI is InChI=1S/C14H19N3S2/c18-14-16-15-13(12-9-6-10-19-12)17(14)11-7-4-2-1-3-5-8-11/h6,9-11H,1-5,7-8H2,(H,16,18). The summed E-state index contributed by atoms with van der Waals surface area (Å²) in [5.41, 5.74) is 0. The number of H-pyrrole nitrogens is 1. The molecule has 0 saturated heterocycles. The molecule has 0 unspecified atom stereocenters. The molecule has 2 aromatic heterocycles. The summed E-state index contributed by atoms with van der Waals surface area (Å²) >= 11 is 7.18. The van der Waals surface area contributed by atoms with Crippen molar-refractivity contribution in [1.29, 1.82) is 0 Å². The van der Waals surface area contributed by atoms with Gasteiger partial charge >= 0.3 is 0 Å². The van der Waals surface area contributed by atoms with Gasteiger partial charge in [0.15, 0.2) is 10.6 Å². The summed E-state index contributed by atoms with van der Waals surface area (Å²) in [4.78, 5) is 1.20. The quantitative estimate of drug-likeness (QED) is 0.794. The van der Waals surface area contributed by atoms with Crippen molar-refractivity contribution in [3.05, 3.63) is 22.3 Å². The molecule has 102 valence electrons. The van der Waals surface area contributed by atoms with E-state index in [-0.39, 0.29) is 0 Å². The first-order valence-corrected chi connectivity index (χ1v) is 8.36. The van der Waals surface area contributed by atoms with Crippen molar-refractivity contribution in [3.8, 4) is 10.7 Å². The zero-order valence-electron chi connectivity index (χ0n) is 11.0. The van der Waals surface area contributed by atoms with Crippen LogP contribution in [0.4, 0.5) is 0 Å². The number of hydrogen-bond acceptors (Lipinski definition) is 3. The number of hydrogen-bond donors (Lipinski definition) is 1. The van der Waals surface area contributed by atoms with Crippen molar-refractivity contribution < 1.29 is 0 Å². The maximum Gasteiger partial charge on any atom is 0.195 e. The van der Waals surface area contributed by atoms with E-state index >= 15 is 0 Å². The van der Waals surface area contributed by atoms with Crippen LogP contribution in [0.1, 0.15) is 51.0 Å². The lowest BCUT2D eigenvalue weighted by Gasteiger charge is -2.22. The molecule has 0 bridgehead atoms. The summed E-state index contributed by atoms with van der Waals surface area (Å²) in [5.74, 6) is 1.02. The molecule has 1 aliphatic carbocycles. The second kappa shape index (κ2) is 6.01. The highest BCUT2D eigenvalue weighted by Gasteiger charge is 2.19. The molecule has 0 atom stereocenters. The van der Waals surface area contributed by atoms with Gasteiger partial charge in [-0.25, -0.2) is 0 Å². The van der Waals surface area contributed by atoms with Crippen molar-refractivity contribution >= 4 is 23.6 Å². The number of nitrogens with one attached hydrogen (secondary N) is 1. The van der Waals surface area contributed by atoms with Gasteiger partial charge in [0.25, 0.3) is 0 Å². The van der Waals surface area contributed by atoms with Crippen LogP contribution in [0.2, 0.25) is 0 Å². The Morgan fingerprint density at radius 2 is 1.95 bits per heavy atom. The van der Waals surface area contributed by atoms with Crippen LogP contribution in [0.15, 0.2) is 17.5 Å². The highest BCUT2D eigenvalue weighted by atomic mass is 32.1. The molecule has 2 aromatic rings. The van der Waals surface area contributed by atoms with E-state index < -0.39 is 0 Å². The third-order valence-electron chi connectivity index (χ3n) is 3.89. The molecule has 3 nitrogen and oxygen atoms in total. The van der Waals surface area contributed by atoms with Crippen LogP contribution in [0.25, 0.3) is 10.7 Å².